The molecule has 1 saturated heterocycles. The molecule has 0 radical (unpaired) electrons. The summed E-state index contributed by atoms with van der Waals surface area (Å²) in [5, 5.41) is 13.1. The van der Waals surface area contributed by atoms with E-state index in [0.29, 0.717) is 29.3 Å². The molecule has 1 N–H and O–H groups in total. The van der Waals surface area contributed by atoms with Gasteiger partial charge in [-0.05, 0) is 61.7 Å². The predicted molar refractivity (Wildman–Crippen MR) is 115 cm³/mol. The molecule has 3 aromatic rings. The fraction of sp³-hybridized carbons (Fsp3) is 0.609. The molecule has 1 aliphatic carbocycles. The Balaban J connectivity index is 1.23. The Labute approximate surface area is 181 Å². The highest BCUT2D eigenvalue weighted by molar-refractivity contribution is 5.84. The lowest BCUT2D eigenvalue weighted by Gasteiger charge is -2.34. The van der Waals surface area contributed by atoms with Crippen LogP contribution in [0.2, 0.25) is 0 Å². The third kappa shape index (κ3) is 4.11. The van der Waals surface area contributed by atoms with Crippen molar-refractivity contribution in [3.05, 3.63) is 35.6 Å². The second kappa shape index (κ2) is 8.67. The molecule has 0 spiro atoms. The largest absolute Gasteiger partial charge is 0.381 e. The molecule has 5 rings (SSSR count). The van der Waals surface area contributed by atoms with Gasteiger partial charge in [0.15, 0.2) is 0 Å². The SMILES string of the molecule is CC(C)c1nn(-c2noc(C3CC(NCCC4CCCOC4)C3)n2)c2c(F)cccc12. The van der Waals surface area contributed by atoms with Crippen LogP contribution in [0, 0.1) is 11.7 Å². The summed E-state index contributed by atoms with van der Waals surface area (Å²) in [4.78, 5) is 4.57. The lowest BCUT2D eigenvalue weighted by atomic mass is 9.80. The van der Waals surface area contributed by atoms with Gasteiger partial charge in [0, 0.05) is 30.6 Å². The molecule has 166 valence electrons. The Bertz CT molecular complexity index is 1030. The molecular weight excluding hydrogens is 397 g/mol. The Morgan fingerprint density at radius 3 is 2.94 bits per heavy atom. The van der Waals surface area contributed by atoms with Gasteiger partial charge in [0.05, 0.1) is 5.69 Å². The Morgan fingerprint density at radius 2 is 2.16 bits per heavy atom. The van der Waals surface area contributed by atoms with Crippen molar-refractivity contribution in [2.75, 3.05) is 19.8 Å². The second-order valence-corrected chi connectivity index (χ2v) is 9.21. The van der Waals surface area contributed by atoms with Crippen molar-refractivity contribution in [2.45, 2.75) is 63.8 Å². The second-order valence-electron chi connectivity index (χ2n) is 9.21. The maximum absolute atomic E-state index is 14.6. The van der Waals surface area contributed by atoms with E-state index in [4.69, 9.17) is 9.26 Å². The highest BCUT2D eigenvalue weighted by Crippen LogP contribution is 2.37. The first kappa shape index (κ1) is 20.6. The molecule has 2 fully saturated rings. The molecule has 1 saturated carbocycles. The van der Waals surface area contributed by atoms with Gasteiger partial charge in [0.25, 0.3) is 5.95 Å². The van der Waals surface area contributed by atoms with Gasteiger partial charge >= 0.3 is 0 Å². The zero-order valence-corrected chi connectivity index (χ0v) is 18.2. The highest BCUT2D eigenvalue weighted by atomic mass is 19.1. The zero-order chi connectivity index (χ0) is 21.4. The molecule has 3 heterocycles. The van der Waals surface area contributed by atoms with Gasteiger partial charge in [-0.3, -0.25) is 0 Å². The third-order valence-electron chi connectivity index (χ3n) is 6.58. The molecule has 8 heteroatoms. The normalized spacial score (nSPS) is 24.1. The minimum absolute atomic E-state index is 0.163. The van der Waals surface area contributed by atoms with Crippen molar-refractivity contribution >= 4 is 10.9 Å². The summed E-state index contributed by atoms with van der Waals surface area (Å²) in [5.41, 5.74) is 1.23. The molecule has 1 unspecified atom stereocenters. The van der Waals surface area contributed by atoms with Crippen LogP contribution in [0.3, 0.4) is 0 Å². The van der Waals surface area contributed by atoms with Crippen LogP contribution >= 0.6 is 0 Å². The molecule has 0 bridgehead atoms. The van der Waals surface area contributed by atoms with Crippen LogP contribution < -0.4 is 5.32 Å². The number of fused-ring (bicyclic) bond motifs is 1. The summed E-state index contributed by atoms with van der Waals surface area (Å²) in [5.74, 6) is 1.67. The number of para-hydroxylation sites is 1. The minimum Gasteiger partial charge on any atom is -0.381 e. The number of nitrogens with zero attached hydrogens (tertiary/aromatic N) is 4. The smallest absolute Gasteiger partial charge is 0.291 e. The van der Waals surface area contributed by atoms with Gasteiger partial charge in [0.2, 0.25) is 5.89 Å². The number of benzene rings is 1. The van der Waals surface area contributed by atoms with Crippen molar-refractivity contribution in [1.29, 1.82) is 0 Å². The fourth-order valence-corrected chi connectivity index (χ4v) is 4.71. The van der Waals surface area contributed by atoms with Crippen LogP contribution in [-0.4, -0.2) is 45.7 Å². The van der Waals surface area contributed by atoms with E-state index in [1.54, 1.807) is 6.07 Å². The molecule has 31 heavy (non-hydrogen) atoms. The van der Waals surface area contributed by atoms with E-state index in [1.807, 2.05) is 19.9 Å². The molecule has 1 aromatic carbocycles. The number of nitrogens with one attached hydrogen (secondary N) is 1. The van der Waals surface area contributed by atoms with Crippen LogP contribution in [0.1, 0.15) is 69.4 Å². The van der Waals surface area contributed by atoms with E-state index in [-0.39, 0.29) is 17.7 Å². The average Bonchev–Trinajstić information content (AvgIpc) is 3.36. The van der Waals surface area contributed by atoms with Crippen LogP contribution in [0.25, 0.3) is 16.9 Å². The first-order chi connectivity index (χ1) is 15.1. The van der Waals surface area contributed by atoms with E-state index in [2.05, 4.69) is 20.6 Å². The Hall–Kier alpha value is -2.32. The van der Waals surface area contributed by atoms with Gasteiger partial charge in [-0.25, -0.2) is 4.39 Å². The number of rotatable bonds is 7. The first-order valence-corrected chi connectivity index (χ1v) is 11.4. The van der Waals surface area contributed by atoms with Gasteiger partial charge in [-0.2, -0.15) is 14.8 Å². The number of hydrogen-bond donors (Lipinski definition) is 1. The molecule has 7 nitrogen and oxygen atoms in total. The van der Waals surface area contributed by atoms with Crippen LogP contribution in [0.15, 0.2) is 22.7 Å². The summed E-state index contributed by atoms with van der Waals surface area (Å²) in [7, 11) is 0. The maximum Gasteiger partial charge on any atom is 0.291 e. The monoisotopic (exact) mass is 427 g/mol. The molecule has 2 aromatic heterocycles. The molecule has 1 aliphatic heterocycles. The number of ether oxygens (including phenoxy) is 1. The predicted octanol–water partition coefficient (Wildman–Crippen LogP) is 4.32. The zero-order valence-electron chi connectivity index (χ0n) is 18.2. The van der Waals surface area contributed by atoms with Crippen molar-refractivity contribution in [2.24, 2.45) is 5.92 Å². The lowest BCUT2D eigenvalue weighted by molar-refractivity contribution is 0.0510. The summed E-state index contributed by atoms with van der Waals surface area (Å²) in [6.45, 7) is 6.93. The summed E-state index contributed by atoms with van der Waals surface area (Å²) in [6, 6.07) is 5.52. The van der Waals surface area contributed by atoms with Gasteiger partial charge in [-0.1, -0.05) is 26.0 Å². The van der Waals surface area contributed by atoms with Crippen LogP contribution in [0.4, 0.5) is 4.39 Å². The fourth-order valence-electron chi connectivity index (χ4n) is 4.71. The number of hydrogen-bond acceptors (Lipinski definition) is 6. The molecule has 1 atom stereocenters. The maximum atomic E-state index is 14.6. The standard InChI is InChI=1S/C23H30FN5O2/c1-14(2)20-18-6-3-7-19(24)21(18)29(27-20)23-26-22(31-28-23)16-11-17(12-16)25-9-8-15-5-4-10-30-13-15/h3,6-7,14-17,25H,4-5,8-13H2,1-2H3. The quantitative estimate of drug-likeness (QED) is 0.605. The van der Waals surface area contributed by atoms with E-state index in [1.165, 1.54) is 30.0 Å². The van der Waals surface area contributed by atoms with Gasteiger partial charge in [-0.15, -0.1) is 0 Å². The number of aromatic nitrogens is 4. The van der Waals surface area contributed by atoms with Crippen LogP contribution in [0.5, 0.6) is 0 Å². The molecule has 0 amide bonds. The lowest BCUT2D eigenvalue weighted by Crippen LogP contribution is -2.41. The summed E-state index contributed by atoms with van der Waals surface area (Å²) < 4.78 is 27.2. The number of halogens is 1. The Kier molecular flexibility index (Phi) is 5.75. The van der Waals surface area contributed by atoms with Gasteiger partial charge < -0.3 is 14.6 Å². The summed E-state index contributed by atoms with van der Waals surface area (Å²) in [6.07, 6.45) is 5.59. The highest BCUT2D eigenvalue weighted by Gasteiger charge is 2.34. The Morgan fingerprint density at radius 1 is 1.29 bits per heavy atom. The van der Waals surface area contributed by atoms with Crippen molar-refractivity contribution in [3.8, 4) is 5.95 Å². The van der Waals surface area contributed by atoms with Gasteiger partial charge in [0.1, 0.15) is 11.3 Å². The van der Waals surface area contributed by atoms with Crippen molar-refractivity contribution in [1.82, 2.24) is 25.2 Å². The molecule has 2 aliphatic rings. The van der Waals surface area contributed by atoms with Crippen molar-refractivity contribution in [3.63, 3.8) is 0 Å². The first-order valence-electron chi connectivity index (χ1n) is 11.4. The molecular formula is C23H30FN5O2. The van der Waals surface area contributed by atoms with E-state index < -0.39 is 0 Å². The van der Waals surface area contributed by atoms with Crippen molar-refractivity contribution < 1.29 is 13.7 Å². The average molecular weight is 428 g/mol. The van der Waals surface area contributed by atoms with Crippen LogP contribution in [-0.2, 0) is 4.74 Å². The van der Waals surface area contributed by atoms with E-state index >= 15 is 0 Å². The third-order valence-corrected chi connectivity index (χ3v) is 6.58. The topological polar surface area (TPSA) is 78.0 Å². The van der Waals surface area contributed by atoms with E-state index in [0.717, 1.165) is 43.7 Å². The minimum atomic E-state index is -0.334. The summed E-state index contributed by atoms with van der Waals surface area (Å²) >= 11 is 0. The van der Waals surface area contributed by atoms with E-state index in [9.17, 15) is 4.39 Å².